The van der Waals surface area contributed by atoms with Gasteiger partial charge >= 0.3 is 5.97 Å². The highest BCUT2D eigenvalue weighted by molar-refractivity contribution is 5.70. The fourth-order valence-corrected chi connectivity index (χ4v) is 3.18. The Morgan fingerprint density at radius 3 is 2.35 bits per heavy atom. The van der Waals surface area contributed by atoms with Gasteiger partial charge in [0, 0.05) is 6.04 Å². The van der Waals surface area contributed by atoms with E-state index in [1.165, 1.54) is 12.8 Å². The summed E-state index contributed by atoms with van der Waals surface area (Å²) in [5, 5.41) is 12.4. The number of likely N-dealkylation sites (tertiary alicyclic amines) is 1. The molecule has 98 valence electrons. The lowest BCUT2D eigenvalue weighted by Gasteiger charge is -2.40. The summed E-state index contributed by atoms with van der Waals surface area (Å²) in [5.41, 5.74) is 0. The number of nitrogens with one attached hydrogen (secondary N) is 1. The number of carbonyl (C=O) groups is 1. The Bertz CT molecular complexity index is 256. The minimum Gasteiger partial charge on any atom is -0.481 e. The van der Waals surface area contributed by atoms with E-state index in [9.17, 15) is 4.79 Å². The van der Waals surface area contributed by atoms with E-state index in [1.54, 1.807) is 0 Å². The lowest BCUT2D eigenvalue weighted by molar-refractivity contribution is -0.143. The second kappa shape index (κ2) is 5.83. The minimum atomic E-state index is -0.612. The summed E-state index contributed by atoms with van der Waals surface area (Å²) in [7, 11) is 0. The monoisotopic (exact) mass is 240 g/mol. The molecule has 2 heterocycles. The van der Waals surface area contributed by atoms with Gasteiger partial charge < -0.3 is 15.3 Å². The first kappa shape index (κ1) is 12.8. The summed E-state index contributed by atoms with van der Waals surface area (Å²) in [6.45, 7) is 6.52. The molecule has 4 heteroatoms. The molecule has 2 rings (SSSR count). The highest BCUT2D eigenvalue weighted by Crippen LogP contribution is 2.25. The molecule has 0 bridgehead atoms. The van der Waals surface area contributed by atoms with E-state index in [0.29, 0.717) is 6.04 Å². The highest BCUT2D eigenvalue weighted by atomic mass is 16.4. The Hall–Kier alpha value is -0.610. The number of carboxylic acids is 1. The summed E-state index contributed by atoms with van der Waals surface area (Å²) in [6.07, 6.45) is 4.18. The topological polar surface area (TPSA) is 52.6 Å². The number of piperidine rings is 2. The second-order valence-electron chi connectivity index (χ2n) is 5.48. The molecule has 2 aliphatic heterocycles. The van der Waals surface area contributed by atoms with E-state index in [2.05, 4.69) is 17.1 Å². The van der Waals surface area contributed by atoms with Crippen LogP contribution in [0.25, 0.3) is 0 Å². The molecule has 0 spiro atoms. The van der Waals surface area contributed by atoms with Gasteiger partial charge in [0.2, 0.25) is 0 Å². The normalized spacial score (nSPS) is 26.9. The van der Waals surface area contributed by atoms with Crippen LogP contribution in [0.3, 0.4) is 0 Å². The first-order valence-corrected chi connectivity index (χ1v) is 6.86. The van der Waals surface area contributed by atoms with Gasteiger partial charge in [0.15, 0.2) is 0 Å². The van der Waals surface area contributed by atoms with Crippen molar-refractivity contribution in [2.24, 2.45) is 11.8 Å². The lowest BCUT2D eigenvalue weighted by atomic mass is 9.88. The quantitative estimate of drug-likeness (QED) is 0.777. The average molecular weight is 240 g/mol. The summed E-state index contributed by atoms with van der Waals surface area (Å²) < 4.78 is 0. The van der Waals surface area contributed by atoms with E-state index in [4.69, 9.17) is 5.11 Å². The predicted molar refractivity (Wildman–Crippen MR) is 67.0 cm³/mol. The molecule has 0 aliphatic carbocycles. The number of nitrogens with zero attached hydrogens (tertiary/aromatic N) is 1. The van der Waals surface area contributed by atoms with E-state index < -0.39 is 5.97 Å². The highest BCUT2D eigenvalue weighted by Gasteiger charge is 2.30. The molecule has 2 aliphatic rings. The van der Waals surface area contributed by atoms with Crippen molar-refractivity contribution < 1.29 is 9.90 Å². The van der Waals surface area contributed by atoms with Crippen molar-refractivity contribution >= 4 is 5.97 Å². The Labute approximate surface area is 103 Å². The van der Waals surface area contributed by atoms with Crippen molar-refractivity contribution in [1.29, 1.82) is 0 Å². The SMILES string of the molecule is CC(C1CCNCC1)N1CCC(C(=O)O)CC1. The molecule has 0 amide bonds. The van der Waals surface area contributed by atoms with Crippen LogP contribution < -0.4 is 5.32 Å². The fourth-order valence-electron chi connectivity index (χ4n) is 3.18. The van der Waals surface area contributed by atoms with E-state index in [0.717, 1.165) is 44.9 Å². The molecular formula is C13H24N2O2. The van der Waals surface area contributed by atoms with Crippen LogP contribution in [0.15, 0.2) is 0 Å². The zero-order valence-corrected chi connectivity index (χ0v) is 10.7. The van der Waals surface area contributed by atoms with Gasteiger partial charge in [0.25, 0.3) is 0 Å². The van der Waals surface area contributed by atoms with Gasteiger partial charge in [-0.25, -0.2) is 0 Å². The molecule has 1 unspecified atom stereocenters. The second-order valence-corrected chi connectivity index (χ2v) is 5.48. The number of aliphatic carboxylic acids is 1. The Morgan fingerprint density at radius 2 is 1.82 bits per heavy atom. The van der Waals surface area contributed by atoms with Crippen LogP contribution in [-0.4, -0.2) is 48.2 Å². The van der Waals surface area contributed by atoms with Crippen molar-refractivity contribution in [3.63, 3.8) is 0 Å². The summed E-state index contributed by atoms with van der Waals surface area (Å²) >= 11 is 0. The first-order valence-electron chi connectivity index (χ1n) is 6.86. The molecule has 2 N–H and O–H groups in total. The maximum Gasteiger partial charge on any atom is 0.306 e. The van der Waals surface area contributed by atoms with Gasteiger partial charge in [-0.3, -0.25) is 4.79 Å². The van der Waals surface area contributed by atoms with E-state index in [-0.39, 0.29) is 5.92 Å². The molecule has 17 heavy (non-hydrogen) atoms. The van der Waals surface area contributed by atoms with E-state index in [1.807, 2.05) is 0 Å². The van der Waals surface area contributed by atoms with Crippen LogP contribution in [0.1, 0.15) is 32.6 Å². The number of hydrogen-bond donors (Lipinski definition) is 2. The molecule has 4 nitrogen and oxygen atoms in total. The van der Waals surface area contributed by atoms with Gasteiger partial charge in [-0.2, -0.15) is 0 Å². The zero-order chi connectivity index (χ0) is 12.3. The third kappa shape index (κ3) is 3.19. The molecule has 2 fully saturated rings. The summed E-state index contributed by atoms with van der Waals surface area (Å²) in [5.74, 6) is 0.0725. The van der Waals surface area contributed by atoms with Crippen LogP contribution in [0.2, 0.25) is 0 Å². The Morgan fingerprint density at radius 1 is 1.24 bits per heavy atom. The van der Waals surface area contributed by atoms with Gasteiger partial charge in [-0.1, -0.05) is 0 Å². The standard InChI is InChI=1S/C13H24N2O2/c1-10(11-2-6-14-7-3-11)15-8-4-12(5-9-15)13(16)17/h10-12,14H,2-9H2,1H3,(H,16,17). The van der Waals surface area contributed by atoms with Gasteiger partial charge in [-0.05, 0) is 64.7 Å². The van der Waals surface area contributed by atoms with Crippen molar-refractivity contribution in [2.75, 3.05) is 26.2 Å². The lowest BCUT2D eigenvalue weighted by Crippen LogP contribution is -2.47. The molecule has 1 atom stereocenters. The number of carboxylic acid groups (broad SMARTS) is 1. The van der Waals surface area contributed by atoms with Gasteiger partial charge in [0.1, 0.15) is 0 Å². The van der Waals surface area contributed by atoms with Crippen molar-refractivity contribution in [2.45, 2.75) is 38.6 Å². The van der Waals surface area contributed by atoms with Crippen LogP contribution in [0.4, 0.5) is 0 Å². The van der Waals surface area contributed by atoms with Crippen LogP contribution >= 0.6 is 0 Å². The molecule has 2 saturated heterocycles. The van der Waals surface area contributed by atoms with Gasteiger partial charge in [-0.15, -0.1) is 0 Å². The largest absolute Gasteiger partial charge is 0.481 e. The van der Waals surface area contributed by atoms with Gasteiger partial charge in [0.05, 0.1) is 5.92 Å². The molecule has 0 aromatic carbocycles. The maximum absolute atomic E-state index is 10.9. The molecule has 0 radical (unpaired) electrons. The smallest absolute Gasteiger partial charge is 0.306 e. The van der Waals surface area contributed by atoms with Crippen molar-refractivity contribution in [3.8, 4) is 0 Å². The zero-order valence-electron chi connectivity index (χ0n) is 10.7. The predicted octanol–water partition coefficient (Wildman–Crippen LogP) is 1.17. The first-order chi connectivity index (χ1) is 8.18. The average Bonchev–Trinajstić information content (AvgIpc) is 2.39. The third-order valence-electron chi connectivity index (χ3n) is 4.52. The van der Waals surface area contributed by atoms with Crippen molar-refractivity contribution in [1.82, 2.24) is 10.2 Å². The van der Waals surface area contributed by atoms with Crippen LogP contribution in [-0.2, 0) is 4.79 Å². The third-order valence-corrected chi connectivity index (χ3v) is 4.52. The number of rotatable bonds is 3. The molecule has 0 aromatic rings. The minimum absolute atomic E-state index is 0.105. The number of hydrogen-bond acceptors (Lipinski definition) is 3. The molecule has 0 aromatic heterocycles. The Balaban J connectivity index is 1.81. The maximum atomic E-state index is 10.9. The summed E-state index contributed by atoms with van der Waals surface area (Å²) in [4.78, 5) is 13.4. The molecular weight excluding hydrogens is 216 g/mol. The fraction of sp³-hybridized carbons (Fsp3) is 0.923. The van der Waals surface area contributed by atoms with E-state index >= 15 is 0 Å². The van der Waals surface area contributed by atoms with Crippen molar-refractivity contribution in [3.05, 3.63) is 0 Å². The van der Waals surface area contributed by atoms with Crippen LogP contribution in [0, 0.1) is 11.8 Å². The van der Waals surface area contributed by atoms with Crippen LogP contribution in [0.5, 0.6) is 0 Å². The Kier molecular flexibility index (Phi) is 4.40. The molecule has 0 saturated carbocycles. The summed E-state index contributed by atoms with van der Waals surface area (Å²) in [6, 6.07) is 0.617.